The molecule has 0 spiro atoms. The Hall–Kier alpha value is -1.26. The van der Waals surface area contributed by atoms with Gasteiger partial charge in [-0.05, 0) is 25.7 Å². The van der Waals surface area contributed by atoms with E-state index in [4.69, 9.17) is 10.9 Å². The van der Waals surface area contributed by atoms with Gasteiger partial charge in [-0.25, -0.2) is 0 Å². The maximum Gasteiger partial charge on any atom is 0.236 e. The first-order valence-corrected chi connectivity index (χ1v) is 5.62. The van der Waals surface area contributed by atoms with Gasteiger partial charge in [0.15, 0.2) is 5.84 Å². The number of carbonyl (C=O) groups is 1. The number of rotatable bonds is 4. The van der Waals surface area contributed by atoms with Gasteiger partial charge in [0.05, 0.1) is 0 Å². The van der Waals surface area contributed by atoms with Crippen molar-refractivity contribution in [1.29, 1.82) is 0 Å². The highest BCUT2D eigenvalue weighted by Crippen LogP contribution is 2.47. The van der Waals surface area contributed by atoms with E-state index in [1.807, 2.05) is 6.92 Å². The van der Waals surface area contributed by atoms with Crippen LogP contribution in [0.2, 0.25) is 0 Å². The third kappa shape index (κ3) is 1.99. The van der Waals surface area contributed by atoms with Crippen molar-refractivity contribution >= 4 is 11.7 Å². The normalized spacial score (nSPS) is 20.7. The van der Waals surface area contributed by atoms with Crippen LogP contribution < -0.4 is 5.73 Å². The fraction of sp³-hybridized carbons (Fsp3) is 0.818. The lowest BCUT2D eigenvalue weighted by Crippen LogP contribution is -2.46. The summed E-state index contributed by atoms with van der Waals surface area (Å²) >= 11 is 0. The predicted molar refractivity (Wildman–Crippen MR) is 62.1 cm³/mol. The molecular formula is C11H21N3O2. The van der Waals surface area contributed by atoms with E-state index in [0.717, 1.165) is 0 Å². The van der Waals surface area contributed by atoms with Gasteiger partial charge in [-0.1, -0.05) is 19.0 Å². The maximum atomic E-state index is 12.2. The Morgan fingerprint density at radius 2 is 1.94 bits per heavy atom. The molecule has 0 saturated heterocycles. The van der Waals surface area contributed by atoms with Gasteiger partial charge in [0.25, 0.3) is 0 Å². The average Bonchev–Trinajstić information content (AvgIpc) is 3.05. The number of nitrogens with two attached hydrogens (primary N) is 1. The molecule has 0 bridgehead atoms. The Balaban J connectivity index is 2.79. The minimum atomic E-state index is -0.730. The topological polar surface area (TPSA) is 78.9 Å². The highest BCUT2D eigenvalue weighted by molar-refractivity contribution is 6.09. The Morgan fingerprint density at radius 1 is 1.44 bits per heavy atom. The highest BCUT2D eigenvalue weighted by atomic mass is 16.4. The van der Waals surface area contributed by atoms with E-state index in [2.05, 4.69) is 19.0 Å². The first-order chi connectivity index (χ1) is 7.36. The zero-order chi connectivity index (χ0) is 12.5. The largest absolute Gasteiger partial charge is 0.409 e. The molecule has 92 valence electrons. The Labute approximate surface area is 96.3 Å². The number of amides is 1. The fourth-order valence-corrected chi connectivity index (χ4v) is 1.77. The summed E-state index contributed by atoms with van der Waals surface area (Å²) in [7, 11) is 1.78. The van der Waals surface area contributed by atoms with Crippen molar-refractivity contribution in [3.63, 3.8) is 0 Å². The van der Waals surface area contributed by atoms with Crippen LogP contribution >= 0.6 is 0 Å². The second-order valence-corrected chi connectivity index (χ2v) is 4.97. The molecule has 0 aliphatic heterocycles. The van der Waals surface area contributed by atoms with Gasteiger partial charge in [-0.15, -0.1) is 0 Å². The van der Waals surface area contributed by atoms with Crippen LogP contribution in [0.1, 0.15) is 33.6 Å². The van der Waals surface area contributed by atoms with E-state index in [9.17, 15) is 4.79 Å². The van der Waals surface area contributed by atoms with Crippen molar-refractivity contribution in [1.82, 2.24) is 4.90 Å². The number of hydrogen-bond acceptors (Lipinski definition) is 3. The van der Waals surface area contributed by atoms with E-state index in [0.29, 0.717) is 18.8 Å². The summed E-state index contributed by atoms with van der Waals surface area (Å²) in [6.45, 7) is 6.14. The quantitative estimate of drug-likeness (QED) is 0.326. The van der Waals surface area contributed by atoms with Crippen molar-refractivity contribution in [2.45, 2.75) is 39.7 Å². The van der Waals surface area contributed by atoms with Crippen LogP contribution in [-0.4, -0.2) is 34.9 Å². The van der Waals surface area contributed by atoms with Gasteiger partial charge in [-0.2, -0.15) is 0 Å². The monoisotopic (exact) mass is 227 g/mol. The number of oxime groups is 1. The third-order valence-electron chi connectivity index (χ3n) is 3.65. The van der Waals surface area contributed by atoms with Gasteiger partial charge in [-0.3, -0.25) is 4.79 Å². The molecule has 0 radical (unpaired) electrons. The Morgan fingerprint density at radius 3 is 2.25 bits per heavy atom. The van der Waals surface area contributed by atoms with E-state index in [-0.39, 0.29) is 17.8 Å². The molecule has 1 amide bonds. The molecular weight excluding hydrogens is 206 g/mol. The van der Waals surface area contributed by atoms with Crippen LogP contribution in [-0.2, 0) is 4.79 Å². The van der Waals surface area contributed by atoms with Crippen molar-refractivity contribution in [3.8, 4) is 0 Å². The molecule has 1 rings (SSSR count). The maximum absolute atomic E-state index is 12.2. The molecule has 0 aromatic carbocycles. The van der Waals surface area contributed by atoms with Crippen molar-refractivity contribution < 1.29 is 10.0 Å². The standard InChI is InChI=1S/C11H21N3O2/c1-7(2)8(3)14(4)10(15)11(5-6-11)9(12)13-16/h7-8,16H,5-6H2,1-4H3,(H2,12,13). The highest BCUT2D eigenvalue weighted by Gasteiger charge is 2.55. The van der Waals surface area contributed by atoms with Gasteiger partial charge >= 0.3 is 0 Å². The third-order valence-corrected chi connectivity index (χ3v) is 3.65. The molecule has 1 aliphatic carbocycles. The molecule has 16 heavy (non-hydrogen) atoms. The smallest absolute Gasteiger partial charge is 0.236 e. The number of amidine groups is 1. The molecule has 5 nitrogen and oxygen atoms in total. The number of hydrogen-bond donors (Lipinski definition) is 2. The van der Waals surface area contributed by atoms with E-state index >= 15 is 0 Å². The summed E-state index contributed by atoms with van der Waals surface area (Å²) < 4.78 is 0. The van der Waals surface area contributed by atoms with Crippen LogP contribution in [0.3, 0.4) is 0 Å². The van der Waals surface area contributed by atoms with Gasteiger partial charge < -0.3 is 15.8 Å². The summed E-state index contributed by atoms with van der Waals surface area (Å²) in [6, 6.07) is 0.150. The summed E-state index contributed by atoms with van der Waals surface area (Å²) in [6.07, 6.45) is 1.35. The van der Waals surface area contributed by atoms with Crippen LogP contribution in [0.4, 0.5) is 0 Å². The fourth-order valence-electron chi connectivity index (χ4n) is 1.77. The molecule has 1 saturated carbocycles. The van der Waals surface area contributed by atoms with Crippen LogP contribution in [0.15, 0.2) is 5.16 Å². The molecule has 1 aliphatic rings. The van der Waals surface area contributed by atoms with Crippen LogP contribution in [0, 0.1) is 11.3 Å². The van der Waals surface area contributed by atoms with E-state index < -0.39 is 5.41 Å². The molecule has 0 aromatic rings. The molecule has 1 atom stereocenters. The number of nitrogens with zero attached hydrogens (tertiary/aromatic N) is 2. The Bertz CT molecular complexity index is 308. The van der Waals surface area contributed by atoms with E-state index in [1.54, 1.807) is 11.9 Å². The van der Waals surface area contributed by atoms with Gasteiger partial charge in [0.2, 0.25) is 5.91 Å². The minimum Gasteiger partial charge on any atom is -0.409 e. The summed E-state index contributed by atoms with van der Waals surface area (Å²) in [5, 5.41) is 11.7. The summed E-state index contributed by atoms with van der Waals surface area (Å²) in [4.78, 5) is 13.9. The molecule has 0 heterocycles. The van der Waals surface area contributed by atoms with Gasteiger partial charge in [0.1, 0.15) is 5.41 Å². The lowest BCUT2D eigenvalue weighted by atomic mass is 9.99. The van der Waals surface area contributed by atoms with Crippen LogP contribution in [0.5, 0.6) is 0 Å². The zero-order valence-electron chi connectivity index (χ0n) is 10.4. The van der Waals surface area contributed by atoms with E-state index in [1.165, 1.54) is 0 Å². The Kier molecular flexibility index (Phi) is 3.45. The lowest BCUT2D eigenvalue weighted by Gasteiger charge is -2.31. The predicted octanol–water partition coefficient (Wildman–Crippen LogP) is 1.02. The summed E-state index contributed by atoms with van der Waals surface area (Å²) in [5.74, 6) is 0.390. The second-order valence-electron chi connectivity index (χ2n) is 4.97. The minimum absolute atomic E-state index is 0.0380. The second kappa shape index (κ2) is 4.31. The SMILES string of the molecule is CC(C)C(C)N(C)C(=O)C1(C(N)=NO)CC1. The molecule has 3 N–H and O–H groups in total. The molecule has 1 fully saturated rings. The number of carbonyl (C=O) groups excluding carboxylic acids is 1. The molecule has 0 aromatic heterocycles. The lowest BCUT2D eigenvalue weighted by molar-refractivity contribution is -0.135. The van der Waals surface area contributed by atoms with Crippen molar-refractivity contribution in [2.75, 3.05) is 7.05 Å². The first-order valence-electron chi connectivity index (χ1n) is 5.62. The average molecular weight is 227 g/mol. The van der Waals surface area contributed by atoms with Crippen LogP contribution in [0.25, 0.3) is 0 Å². The first kappa shape index (κ1) is 12.8. The van der Waals surface area contributed by atoms with Crippen molar-refractivity contribution in [3.05, 3.63) is 0 Å². The summed E-state index contributed by atoms with van der Waals surface area (Å²) in [5.41, 5.74) is 4.85. The van der Waals surface area contributed by atoms with Crippen molar-refractivity contribution in [2.24, 2.45) is 22.2 Å². The molecule has 5 heteroatoms. The molecule has 1 unspecified atom stereocenters. The zero-order valence-corrected chi connectivity index (χ0v) is 10.4. The van der Waals surface area contributed by atoms with Gasteiger partial charge in [0, 0.05) is 13.1 Å².